The van der Waals surface area contributed by atoms with Crippen LogP contribution in [-0.4, -0.2) is 71.2 Å². The lowest BCUT2D eigenvalue weighted by Gasteiger charge is -2.33. The van der Waals surface area contributed by atoms with Crippen LogP contribution in [0.4, 0.5) is 17.5 Å². The Hall–Kier alpha value is -3.90. The van der Waals surface area contributed by atoms with Gasteiger partial charge < -0.3 is 31.0 Å². The lowest BCUT2D eigenvalue weighted by Crippen LogP contribution is -2.35. The average molecular weight is 636 g/mol. The molecule has 11 nitrogen and oxygen atoms in total. The van der Waals surface area contributed by atoms with Crippen molar-refractivity contribution in [1.29, 1.82) is 0 Å². The molecule has 1 aromatic carbocycles. The molecule has 2 aromatic heterocycles. The van der Waals surface area contributed by atoms with E-state index in [1.54, 1.807) is 32.2 Å². The molecular formula is C33H45N7O4S. The second-order valence-corrected chi connectivity index (χ2v) is 15.0. The number of aromatic nitrogens is 3. The maximum Gasteiger partial charge on any atom is 0.231 e. The predicted molar refractivity (Wildman–Crippen MR) is 180 cm³/mol. The Balaban J connectivity index is 1.42. The number of aryl methyl sites for hydroxylation is 1. The summed E-state index contributed by atoms with van der Waals surface area (Å²) in [4.78, 5) is 26.6. The Morgan fingerprint density at radius 3 is 2.62 bits per heavy atom. The summed E-state index contributed by atoms with van der Waals surface area (Å²) in [5, 5.41) is 7.04. The third-order valence-electron chi connectivity index (χ3n) is 8.47. The molecule has 3 heterocycles. The molecule has 5 rings (SSSR count). The van der Waals surface area contributed by atoms with Crippen molar-refractivity contribution < 1.29 is 17.9 Å². The molecule has 0 bridgehead atoms. The zero-order valence-electron chi connectivity index (χ0n) is 26.8. The molecule has 1 fully saturated rings. The minimum atomic E-state index is -3.47. The van der Waals surface area contributed by atoms with E-state index in [1.807, 2.05) is 26.0 Å². The number of fused-ring (bicyclic) bond motifs is 1. The molecule has 1 unspecified atom stereocenters. The van der Waals surface area contributed by atoms with Gasteiger partial charge in [-0.1, -0.05) is 12.2 Å². The van der Waals surface area contributed by atoms with Crippen LogP contribution in [-0.2, 0) is 14.6 Å². The molecule has 12 heteroatoms. The number of allylic oxidation sites excluding steroid dienone is 2. The van der Waals surface area contributed by atoms with E-state index in [0.717, 1.165) is 48.3 Å². The van der Waals surface area contributed by atoms with Gasteiger partial charge in [0.15, 0.2) is 9.84 Å². The Morgan fingerprint density at radius 2 is 1.93 bits per heavy atom. The van der Waals surface area contributed by atoms with Crippen LogP contribution in [0.5, 0.6) is 5.75 Å². The molecular weight excluding hydrogens is 590 g/mol. The van der Waals surface area contributed by atoms with Crippen LogP contribution < -0.4 is 21.1 Å². The Labute approximate surface area is 265 Å². The number of ether oxygens (including phenoxy) is 1. The van der Waals surface area contributed by atoms with Crippen molar-refractivity contribution in [3.8, 4) is 5.75 Å². The maximum absolute atomic E-state index is 13.2. The summed E-state index contributed by atoms with van der Waals surface area (Å²) in [5.41, 5.74) is 9.13. The highest BCUT2D eigenvalue weighted by atomic mass is 32.2. The average Bonchev–Trinajstić information content (AvgIpc) is 3.47. The molecule has 0 radical (unpaired) electrons. The number of benzene rings is 1. The van der Waals surface area contributed by atoms with Gasteiger partial charge in [0, 0.05) is 19.2 Å². The summed E-state index contributed by atoms with van der Waals surface area (Å²) >= 11 is 0. The molecule has 1 atom stereocenters. The van der Waals surface area contributed by atoms with Crippen LogP contribution in [0.1, 0.15) is 70.4 Å². The van der Waals surface area contributed by atoms with Crippen LogP contribution in [0, 0.1) is 6.92 Å². The van der Waals surface area contributed by atoms with Gasteiger partial charge in [-0.25, -0.2) is 8.42 Å². The number of anilines is 3. The predicted octanol–water partition coefficient (Wildman–Crippen LogP) is 5.30. The lowest BCUT2D eigenvalue weighted by molar-refractivity contribution is -0.118. The van der Waals surface area contributed by atoms with Gasteiger partial charge in [-0.2, -0.15) is 9.97 Å². The third-order valence-corrected chi connectivity index (χ3v) is 10.8. The van der Waals surface area contributed by atoms with Gasteiger partial charge in [-0.05, 0) is 108 Å². The number of sulfone groups is 1. The van der Waals surface area contributed by atoms with E-state index in [9.17, 15) is 13.2 Å². The molecule has 1 aliphatic carbocycles. The van der Waals surface area contributed by atoms with E-state index >= 15 is 0 Å². The van der Waals surface area contributed by atoms with Gasteiger partial charge in [0.2, 0.25) is 11.9 Å². The van der Waals surface area contributed by atoms with Crippen molar-refractivity contribution in [2.24, 2.45) is 5.73 Å². The molecule has 45 heavy (non-hydrogen) atoms. The molecule has 1 saturated heterocycles. The fourth-order valence-corrected chi connectivity index (χ4v) is 7.39. The Morgan fingerprint density at radius 1 is 1.18 bits per heavy atom. The number of hydrogen-bond donors (Lipinski definition) is 4. The standard InChI is InChI=1S/C33H45N7O4S/c1-20(2)44-28-19-25(23-11-15-40(16-12-23)17-13-30(34)41)22(5)18-27(28)37-33-38-31-24(10-14-35-31)32(39-33)36-26-8-6-7-9-29(26)45(42,43)21(3)4/h6-7,9-10,14,18-21,23,26H,8,11-13,15-17H2,1-5H3,(H2,34,41)(H3,35,36,37,38,39). The first-order chi connectivity index (χ1) is 21.4. The van der Waals surface area contributed by atoms with Gasteiger partial charge in [0.1, 0.15) is 17.2 Å². The van der Waals surface area contributed by atoms with E-state index in [0.29, 0.717) is 47.6 Å². The molecule has 5 N–H and O–H groups in total. The summed E-state index contributed by atoms with van der Waals surface area (Å²) in [6, 6.07) is 5.65. The Kier molecular flexibility index (Phi) is 9.83. The second kappa shape index (κ2) is 13.6. The number of nitrogens with two attached hydrogens (primary N) is 1. The van der Waals surface area contributed by atoms with Crippen molar-refractivity contribution in [1.82, 2.24) is 19.9 Å². The quantitative estimate of drug-likeness (QED) is 0.207. The summed E-state index contributed by atoms with van der Waals surface area (Å²) in [5.74, 6) is 1.74. The number of H-pyrrole nitrogens is 1. The summed E-state index contributed by atoms with van der Waals surface area (Å²) in [6.07, 6.45) is 10.1. The lowest BCUT2D eigenvalue weighted by atomic mass is 9.86. The molecule has 2 aliphatic rings. The first kappa shape index (κ1) is 32.5. The van der Waals surface area contributed by atoms with E-state index in [1.165, 1.54) is 5.56 Å². The van der Waals surface area contributed by atoms with Crippen LogP contribution in [0.2, 0.25) is 0 Å². The normalized spacial score (nSPS) is 18.0. The molecule has 1 amide bonds. The maximum atomic E-state index is 13.2. The van der Waals surface area contributed by atoms with Crippen LogP contribution in [0.15, 0.2) is 47.5 Å². The van der Waals surface area contributed by atoms with Gasteiger partial charge in [-0.15, -0.1) is 0 Å². The highest BCUT2D eigenvalue weighted by molar-refractivity contribution is 7.95. The van der Waals surface area contributed by atoms with Gasteiger partial charge >= 0.3 is 0 Å². The smallest absolute Gasteiger partial charge is 0.231 e. The largest absolute Gasteiger partial charge is 0.489 e. The minimum Gasteiger partial charge on any atom is -0.489 e. The van der Waals surface area contributed by atoms with Crippen molar-refractivity contribution in [2.75, 3.05) is 30.3 Å². The molecule has 242 valence electrons. The zero-order chi connectivity index (χ0) is 32.3. The van der Waals surface area contributed by atoms with E-state index in [-0.39, 0.29) is 12.0 Å². The number of nitrogens with one attached hydrogen (secondary N) is 3. The molecule has 1 aliphatic heterocycles. The summed E-state index contributed by atoms with van der Waals surface area (Å²) in [6.45, 7) is 12.0. The van der Waals surface area contributed by atoms with Crippen molar-refractivity contribution >= 4 is 44.2 Å². The van der Waals surface area contributed by atoms with E-state index < -0.39 is 21.1 Å². The third kappa shape index (κ3) is 7.50. The monoisotopic (exact) mass is 635 g/mol. The molecule has 0 spiro atoms. The first-order valence-corrected chi connectivity index (χ1v) is 17.3. The van der Waals surface area contributed by atoms with Crippen molar-refractivity contribution in [2.45, 2.75) is 83.6 Å². The zero-order valence-corrected chi connectivity index (χ0v) is 27.6. The summed E-state index contributed by atoms with van der Waals surface area (Å²) in [7, 11) is -3.47. The SMILES string of the molecule is Cc1cc(Nc2nc(NC3CC=CC=C3S(=O)(=O)C(C)C)c3cc[nH]c3n2)c(OC(C)C)cc1C1CCN(CCC(N)=O)CC1. The number of aromatic amines is 1. The van der Waals surface area contributed by atoms with Crippen LogP contribution in [0.3, 0.4) is 0 Å². The fourth-order valence-electron chi connectivity index (χ4n) is 6.03. The number of hydrogen-bond acceptors (Lipinski definition) is 9. The van der Waals surface area contributed by atoms with Crippen molar-refractivity contribution in [3.05, 3.63) is 58.7 Å². The van der Waals surface area contributed by atoms with Gasteiger partial charge in [0.25, 0.3) is 0 Å². The van der Waals surface area contributed by atoms with E-state index in [4.69, 9.17) is 20.4 Å². The topological polar surface area (TPSA) is 155 Å². The number of likely N-dealkylation sites (tertiary alicyclic amines) is 1. The minimum absolute atomic E-state index is 0.0479. The number of amides is 1. The summed E-state index contributed by atoms with van der Waals surface area (Å²) < 4.78 is 32.6. The molecule has 0 saturated carbocycles. The van der Waals surface area contributed by atoms with Crippen LogP contribution >= 0.6 is 0 Å². The number of carbonyl (C=O) groups excluding carboxylic acids is 1. The first-order valence-electron chi connectivity index (χ1n) is 15.7. The highest BCUT2D eigenvalue weighted by Crippen LogP contribution is 2.38. The number of rotatable bonds is 12. The number of carbonyl (C=O) groups is 1. The van der Waals surface area contributed by atoms with E-state index in [2.05, 4.69) is 39.6 Å². The van der Waals surface area contributed by atoms with Crippen molar-refractivity contribution in [3.63, 3.8) is 0 Å². The number of nitrogens with zero attached hydrogens (tertiary/aromatic N) is 3. The fraction of sp³-hybridized carbons (Fsp3) is 0.485. The van der Waals surface area contributed by atoms with Gasteiger partial charge in [-0.3, -0.25) is 4.79 Å². The number of primary amides is 1. The van der Waals surface area contributed by atoms with Crippen LogP contribution in [0.25, 0.3) is 11.0 Å². The Bertz CT molecular complexity index is 1700. The highest BCUT2D eigenvalue weighted by Gasteiger charge is 2.30. The van der Waals surface area contributed by atoms with Gasteiger partial charge in [0.05, 0.1) is 33.4 Å². The second-order valence-electron chi connectivity index (χ2n) is 12.5. The molecule has 3 aromatic rings. The number of piperidine rings is 1.